The van der Waals surface area contributed by atoms with E-state index in [4.69, 9.17) is 5.73 Å². The van der Waals surface area contributed by atoms with Crippen molar-refractivity contribution in [2.75, 3.05) is 12.4 Å². The molecule has 0 aliphatic carbocycles. The number of amides is 2. The molecule has 0 aliphatic rings. The van der Waals surface area contributed by atoms with Gasteiger partial charge in [0, 0.05) is 11.7 Å². The molecule has 0 aliphatic heterocycles. The Morgan fingerprint density at radius 2 is 1.79 bits per heavy atom. The van der Waals surface area contributed by atoms with Crippen LogP contribution in [0.2, 0.25) is 0 Å². The molecule has 1 aromatic rings. The van der Waals surface area contributed by atoms with E-state index in [2.05, 4.69) is 15.4 Å². The second-order valence-electron chi connectivity index (χ2n) is 4.24. The molecule has 0 aromatic heterocycles. The molecule has 1 aromatic carbocycles. The second kappa shape index (κ2) is 6.75. The van der Waals surface area contributed by atoms with E-state index in [9.17, 15) is 9.59 Å². The minimum absolute atomic E-state index is 0.0169. The van der Waals surface area contributed by atoms with Crippen molar-refractivity contribution in [3.8, 4) is 0 Å². The van der Waals surface area contributed by atoms with Gasteiger partial charge in [-0.2, -0.15) is 0 Å². The van der Waals surface area contributed by atoms with Crippen LogP contribution >= 0.6 is 0 Å². The number of rotatable bonds is 5. The summed E-state index contributed by atoms with van der Waals surface area (Å²) in [6.45, 7) is 3.68. The molecule has 0 bridgehead atoms. The highest BCUT2D eigenvalue weighted by atomic mass is 16.5. The topological polar surface area (TPSA) is 93.4 Å². The van der Waals surface area contributed by atoms with Gasteiger partial charge in [-0.15, -0.1) is 0 Å². The minimum Gasteiger partial charge on any atom is -0.468 e. The lowest BCUT2D eigenvalue weighted by Crippen LogP contribution is -2.36. The fraction of sp³-hybridized carbons (Fsp3) is 0.385. The molecule has 0 saturated carbocycles. The molecule has 2 atom stereocenters. The summed E-state index contributed by atoms with van der Waals surface area (Å²) in [6.07, 6.45) is 0. The maximum absolute atomic E-state index is 11.3. The van der Waals surface area contributed by atoms with Crippen LogP contribution < -0.4 is 16.4 Å². The second-order valence-corrected chi connectivity index (χ2v) is 4.24. The molecule has 104 valence electrons. The van der Waals surface area contributed by atoms with Crippen molar-refractivity contribution in [3.63, 3.8) is 0 Å². The predicted molar refractivity (Wildman–Crippen MR) is 72.7 cm³/mol. The van der Waals surface area contributed by atoms with Crippen LogP contribution in [0.5, 0.6) is 0 Å². The maximum atomic E-state index is 11.3. The Balaban J connectivity index is 2.64. The summed E-state index contributed by atoms with van der Waals surface area (Å²) in [5, 5.41) is 5.60. The zero-order valence-corrected chi connectivity index (χ0v) is 11.3. The number of nitrogens with two attached hydrogens (primary N) is 1. The molecule has 0 heterocycles. The molecular weight excluding hydrogens is 246 g/mol. The largest absolute Gasteiger partial charge is 0.468 e. The fourth-order valence-electron chi connectivity index (χ4n) is 1.71. The Kier molecular flexibility index (Phi) is 5.32. The predicted octanol–water partition coefficient (Wildman–Crippen LogP) is 1.39. The third-order valence-electron chi connectivity index (χ3n) is 2.73. The van der Waals surface area contributed by atoms with Crippen LogP contribution in [0.25, 0.3) is 0 Å². The van der Waals surface area contributed by atoms with E-state index in [-0.39, 0.29) is 18.1 Å². The first kappa shape index (κ1) is 15.0. The quantitative estimate of drug-likeness (QED) is 0.701. The molecule has 2 amide bonds. The fourth-order valence-corrected chi connectivity index (χ4v) is 1.71. The molecule has 6 nitrogen and oxygen atoms in total. The minimum atomic E-state index is -0.599. The highest BCUT2D eigenvalue weighted by Gasteiger charge is 2.16. The number of nitrogens with one attached hydrogen (secondary N) is 2. The number of primary amides is 1. The lowest BCUT2D eigenvalue weighted by Gasteiger charge is -2.18. The van der Waals surface area contributed by atoms with Gasteiger partial charge >= 0.3 is 12.0 Å². The molecule has 4 N–H and O–H groups in total. The highest BCUT2D eigenvalue weighted by molar-refractivity contribution is 5.87. The summed E-state index contributed by atoms with van der Waals surface area (Å²) in [4.78, 5) is 22.0. The number of esters is 1. The zero-order valence-electron chi connectivity index (χ0n) is 11.3. The average Bonchev–Trinajstić information content (AvgIpc) is 2.37. The summed E-state index contributed by atoms with van der Waals surface area (Å²) >= 11 is 0. The molecule has 6 heteroatoms. The van der Waals surface area contributed by atoms with Crippen LogP contribution in [0.1, 0.15) is 25.5 Å². The van der Waals surface area contributed by atoms with Gasteiger partial charge < -0.3 is 15.8 Å². The number of methoxy groups -OCH3 is 1. The molecule has 0 fully saturated rings. The number of carbonyl (C=O) groups is 2. The van der Waals surface area contributed by atoms with Crippen molar-refractivity contribution in [3.05, 3.63) is 29.8 Å². The van der Waals surface area contributed by atoms with Gasteiger partial charge in [-0.05, 0) is 31.5 Å². The number of urea groups is 1. The summed E-state index contributed by atoms with van der Waals surface area (Å²) in [7, 11) is 1.36. The Labute approximate surface area is 112 Å². The van der Waals surface area contributed by atoms with Crippen molar-refractivity contribution in [1.82, 2.24) is 5.32 Å². The number of benzene rings is 1. The smallest absolute Gasteiger partial charge is 0.322 e. The molecular formula is C13H19N3O3. The molecule has 1 rings (SSSR count). The maximum Gasteiger partial charge on any atom is 0.322 e. The van der Waals surface area contributed by atoms with E-state index in [0.717, 1.165) is 5.56 Å². The summed E-state index contributed by atoms with van der Waals surface area (Å²) < 4.78 is 4.65. The van der Waals surface area contributed by atoms with Crippen molar-refractivity contribution < 1.29 is 14.3 Å². The van der Waals surface area contributed by atoms with Crippen molar-refractivity contribution in [2.45, 2.75) is 25.9 Å². The lowest BCUT2D eigenvalue weighted by molar-refractivity contribution is -0.142. The lowest BCUT2D eigenvalue weighted by atomic mass is 10.1. The number of hydrogen-bond donors (Lipinski definition) is 3. The molecule has 1 unspecified atom stereocenters. The van der Waals surface area contributed by atoms with Crippen LogP contribution in [0.3, 0.4) is 0 Å². The van der Waals surface area contributed by atoms with Crippen LogP contribution in [0, 0.1) is 0 Å². The van der Waals surface area contributed by atoms with E-state index in [0.29, 0.717) is 5.69 Å². The van der Waals surface area contributed by atoms with E-state index in [1.165, 1.54) is 7.11 Å². The zero-order chi connectivity index (χ0) is 14.4. The molecule has 19 heavy (non-hydrogen) atoms. The van der Waals surface area contributed by atoms with Gasteiger partial charge in [-0.25, -0.2) is 4.79 Å². The van der Waals surface area contributed by atoms with Gasteiger partial charge in [0.15, 0.2) is 0 Å². The molecule has 0 spiro atoms. The van der Waals surface area contributed by atoms with Crippen LogP contribution in [-0.4, -0.2) is 25.2 Å². The number of anilines is 1. The van der Waals surface area contributed by atoms with Gasteiger partial charge in [0.1, 0.15) is 6.04 Å². The van der Waals surface area contributed by atoms with Crippen LogP contribution in [0.4, 0.5) is 10.5 Å². The van der Waals surface area contributed by atoms with Gasteiger partial charge in [0.05, 0.1) is 7.11 Å². The number of hydrogen-bond acceptors (Lipinski definition) is 4. The first-order chi connectivity index (χ1) is 8.93. The van der Waals surface area contributed by atoms with Gasteiger partial charge in [0.2, 0.25) is 0 Å². The Morgan fingerprint density at radius 1 is 1.21 bits per heavy atom. The van der Waals surface area contributed by atoms with Crippen molar-refractivity contribution >= 4 is 17.7 Å². The number of carbonyl (C=O) groups excluding carboxylic acids is 2. The highest BCUT2D eigenvalue weighted by Crippen LogP contribution is 2.16. The van der Waals surface area contributed by atoms with E-state index in [1.54, 1.807) is 19.1 Å². The van der Waals surface area contributed by atoms with Crippen molar-refractivity contribution in [2.24, 2.45) is 5.73 Å². The van der Waals surface area contributed by atoms with Gasteiger partial charge in [0.25, 0.3) is 0 Å². The van der Waals surface area contributed by atoms with Gasteiger partial charge in [-0.3, -0.25) is 10.1 Å². The van der Waals surface area contributed by atoms with Crippen LogP contribution in [0.15, 0.2) is 24.3 Å². The monoisotopic (exact) mass is 265 g/mol. The Morgan fingerprint density at radius 3 is 2.26 bits per heavy atom. The summed E-state index contributed by atoms with van der Waals surface area (Å²) in [5.41, 5.74) is 6.64. The molecule has 0 radical (unpaired) electrons. The van der Waals surface area contributed by atoms with E-state index < -0.39 is 6.03 Å². The third kappa shape index (κ3) is 4.59. The SMILES string of the molecule is COC(=O)[C@H](C)NC(C)c1ccc(NC(N)=O)cc1. The summed E-state index contributed by atoms with van der Waals surface area (Å²) in [6, 6.07) is 6.21. The third-order valence-corrected chi connectivity index (χ3v) is 2.73. The first-order valence-corrected chi connectivity index (χ1v) is 5.94. The summed E-state index contributed by atoms with van der Waals surface area (Å²) in [5.74, 6) is -0.307. The van der Waals surface area contributed by atoms with Gasteiger partial charge in [-0.1, -0.05) is 12.1 Å². The Hall–Kier alpha value is -2.08. The van der Waals surface area contributed by atoms with Crippen molar-refractivity contribution in [1.29, 1.82) is 0 Å². The van der Waals surface area contributed by atoms with E-state index in [1.807, 2.05) is 19.1 Å². The standard InChI is InChI=1S/C13H19N3O3/c1-8(15-9(2)12(17)19-3)10-4-6-11(7-5-10)16-13(14)18/h4-9,15H,1-3H3,(H3,14,16,18)/t8?,9-/m0/s1. The number of ether oxygens (including phenoxy) is 1. The average molecular weight is 265 g/mol. The van der Waals surface area contributed by atoms with E-state index >= 15 is 0 Å². The van der Waals surface area contributed by atoms with Crippen LogP contribution in [-0.2, 0) is 9.53 Å². The normalized spacial score (nSPS) is 13.4. The molecule has 0 saturated heterocycles. The first-order valence-electron chi connectivity index (χ1n) is 5.94. The Bertz CT molecular complexity index is 445.